The highest BCUT2D eigenvalue weighted by Gasteiger charge is 2.10. The molecule has 0 atom stereocenters. The van der Waals surface area contributed by atoms with E-state index in [2.05, 4.69) is 12.1 Å². The summed E-state index contributed by atoms with van der Waals surface area (Å²) in [5.74, 6) is 2.25. The van der Waals surface area contributed by atoms with Gasteiger partial charge in [-0.3, -0.25) is 0 Å². The van der Waals surface area contributed by atoms with Crippen LogP contribution in [0.1, 0.15) is 11.3 Å². The number of fused-ring (bicyclic) bond motifs is 1. The van der Waals surface area contributed by atoms with Crippen LogP contribution in [-0.4, -0.2) is 24.2 Å². The van der Waals surface area contributed by atoms with Gasteiger partial charge in [0.1, 0.15) is 0 Å². The van der Waals surface area contributed by atoms with Crippen LogP contribution in [0, 0.1) is 0 Å². The smallest absolute Gasteiger partial charge is 0.160 e. The molecule has 28 heavy (non-hydrogen) atoms. The number of rotatable bonds is 6. The zero-order chi connectivity index (χ0) is 19.3. The molecule has 0 amide bonds. The molecule has 0 saturated carbocycles. The fraction of sp³-hybridized carbons (Fsp3) is 0.167. The number of nitrogens with zero attached hydrogens (tertiary/aromatic N) is 2. The Morgan fingerprint density at radius 3 is 2.25 bits per heavy atom. The van der Waals surface area contributed by atoms with Gasteiger partial charge < -0.3 is 9.47 Å². The molecule has 3 aromatic carbocycles. The number of methoxy groups -OCH3 is 2. The minimum Gasteiger partial charge on any atom is -0.493 e. The molecule has 0 bridgehead atoms. The zero-order valence-corrected chi connectivity index (χ0v) is 16.1. The quantitative estimate of drug-likeness (QED) is 0.474. The maximum Gasteiger partial charge on any atom is 0.160 e. The molecule has 1 heterocycles. The van der Waals surface area contributed by atoms with E-state index in [0.717, 1.165) is 52.3 Å². The van der Waals surface area contributed by atoms with E-state index in [-0.39, 0.29) is 0 Å². The third kappa shape index (κ3) is 3.67. The fourth-order valence-electron chi connectivity index (χ4n) is 3.35. The van der Waals surface area contributed by atoms with Crippen molar-refractivity contribution in [1.29, 1.82) is 0 Å². The second kappa shape index (κ2) is 8.09. The molecule has 4 nitrogen and oxygen atoms in total. The Morgan fingerprint density at radius 2 is 1.46 bits per heavy atom. The largest absolute Gasteiger partial charge is 0.493 e. The van der Waals surface area contributed by atoms with Gasteiger partial charge in [-0.25, -0.2) is 9.97 Å². The first kappa shape index (κ1) is 18.0. The monoisotopic (exact) mass is 370 g/mol. The van der Waals surface area contributed by atoms with E-state index in [9.17, 15) is 0 Å². The molecule has 0 fully saturated rings. The van der Waals surface area contributed by atoms with Crippen LogP contribution >= 0.6 is 0 Å². The Labute approximate surface area is 164 Å². The van der Waals surface area contributed by atoms with Crippen LogP contribution in [0.2, 0.25) is 0 Å². The standard InChI is InChI=1S/C24H22N2O2/c1-27-22-15-13-17(16-23(22)28-2)12-14-21-19-10-6-7-11-20(19)25-24(26-21)18-8-4-3-5-9-18/h3-11,13,15-16H,12,14H2,1-2H3. The molecule has 0 aliphatic heterocycles. The first-order valence-electron chi connectivity index (χ1n) is 9.30. The van der Waals surface area contributed by atoms with Gasteiger partial charge in [0.05, 0.1) is 25.4 Å². The van der Waals surface area contributed by atoms with E-state index < -0.39 is 0 Å². The van der Waals surface area contributed by atoms with E-state index in [4.69, 9.17) is 19.4 Å². The fourth-order valence-corrected chi connectivity index (χ4v) is 3.35. The number of hydrogen-bond donors (Lipinski definition) is 0. The van der Waals surface area contributed by atoms with Gasteiger partial charge >= 0.3 is 0 Å². The lowest BCUT2D eigenvalue weighted by molar-refractivity contribution is 0.354. The van der Waals surface area contributed by atoms with Gasteiger partial charge in [0.25, 0.3) is 0 Å². The Kier molecular flexibility index (Phi) is 5.20. The van der Waals surface area contributed by atoms with Gasteiger partial charge in [0.15, 0.2) is 17.3 Å². The van der Waals surface area contributed by atoms with Crippen LogP contribution in [0.5, 0.6) is 11.5 Å². The first-order valence-corrected chi connectivity index (χ1v) is 9.30. The molecular weight excluding hydrogens is 348 g/mol. The Morgan fingerprint density at radius 1 is 0.714 bits per heavy atom. The molecule has 0 N–H and O–H groups in total. The zero-order valence-electron chi connectivity index (χ0n) is 16.1. The van der Waals surface area contributed by atoms with Crippen molar-refractivity contribution >= 4 is 10.9 Å². The van der Waals surface area contributed by atoms with Gasteiger partial charge in [-0.1, -0.05) is 54.6 Å². The van der Waals surface area contributed by atoms with Crippen molar-refractivity contribution in [2.24, 2.45) is 0 Å². The lowest BCUT2D eigenvalue weighted by Crippen LogP contribution is -2.01. The van der Waals surface area contributed by atoms with E-state index in [1.165, 1.54) is 5.56 Å². The molecule has 0 saturated heterocycles. The van der Waals surface area contributed by atoms with Crippen molar-refractivity contribution in [1.82, 2.24) is 9.97 Å². The van der Waals surface area contributed by atoms with Crippen LogP contribution in [0.3, 0.4) is 0 Å². The molecule has 4 rings (SSSR count). The SMILES string of the molecule is COc1ccc(CCc2nc(-c3ccccc3)nc3ccccc23)cc1OC. The molecule has 140 valence electrons. The summed E-state index contributed by atoms with van der Waals surface area (Å²) in [7, 11) is 3.31. The van der Waals surface area contributed by atoms with E-state index in [0.29, 0.717) is 0 Å². The Bertz CT molecular complexity index is 1090. The number of para-hydroxylation sites is 1. The van der Waals surface area contributed by atoms with Gasteiger partial charge in [-0.05, 0) is 36.6 Å². The molecule has 0 unspecified atom stereocenters. The van der Waals surface area contributed by atoms with Crippen LogP contribution in [0.25, 0.3) is 22.3 Å². The molecule has 4 heteroatoms. The predicted octanol–water partition coefficient (Wildman–Crippen LogP) is 5.10. The molecule has 4 aromatic rings. The Balaban J connectivity index is 1.68. The van der Waals surface area contributed by atoms with Gasteiger partial charge in [-0.15, -0.1) is 0 Å². The number of ether oxygens (including phenoxy) is 2. The third-order valence-electron chi connectivity index (χ3n) is 4.81. The van der Waals surface area contributed by atoms with E-state index in [1.54, 1.807) is 14.2 Å². The van der Waals surface area contributed by atoms with E-state index in [1.807, 2.05) is 60.7 Å². The minimum absolute atomic E-state index is 0.741. The highest BCUT2D eigenvalue weighted by atomic mass is 16.5. The maximum atomic E-state index is 5.43. The van der Waals surface area contributed by atoms with Crippen LogP contribution in [0.15, 0.2) is 72.8 Å². The van der Waals surface area contributed by atoms with Gasteiger partial charge in [0, 0.05) is 10.9 Å². The second-order valence-corrected chi connectivity index (χ2v) is 6.57. The minimum atomic E-state index is 0.741. The topological polar surface area (TPSA) is 44.2 Å². The number of aryl methyl sites for hydroxylation is 2. The molecular formula is C24H22N2O2. The van der Waals surface area contributed by atoms with Crippen molar-refractivity contribution in [3.63, 3.8) is 0 Å². The Hall–Kier alpha value is -3.40. The van der Waals surface area contributed by atoms with Crippen LogP contribution < -0.4 is 9.47 Å². The first-order chi connectivity index (χ1) is 13.8. The summed E-state index contributed by atoms with van der Waals surface area (Å²) >= 11 is 0. The normalized spacial score (nSPS) is 10.8. The molecule has 0 spiro atoms. The van der Waals surface area contributed by atoms with Crippen molar-refractivity contribution in [3.8, 4) is 22.9 Å². The number of hydrogen-bond acceptors (Lipinski definition) is 4. The average Bonchev–Trinajstić information content (AvgIpc) is 2.77. The number of aromatic nitrogens is 2. The van der Waals surface area contributed by atoms with Gasteiger partial charge in [-0.2, -0.15) is 0 Å². The molecule has 0 aliphatic rings. The molecule has 1 aromatic heterocycles. The summed E-state index contributed by atoms with van der Waals surface area (Å²) in [6.45, 7) is 0. The van der Waals surface area contributed by atoms with E-state index >= 15 is 0 Å². The summed E-state index contributed by atoms with van der Waals surface area (Å²) < 4.78 is 10.8. The average molecular weight is 370 g/mol. The predicted molar refractivity (Wildman–Crippen MR) is 112 cm³/mol. The maximum absolute atomic E-state index is 5.43. The summed E-state index contributed by atoms with van der Waals surface area (Å²) in [6.07, 6.45) is 1.67. The lowest BCUT2D eigenvalue weighted by atomic mass is 10.0. The summed E-state index contributed by atoms with van der Waals surface area (Å²) in [5.41, 5.74) is 4.24. The van der Waals surface area contributed by atoms with Gasteiger partial charge in [0.2, 0.25) is 0 Å². The van der Waals surface area contributed by atoms with Crippen molar-refractivity contribution < 1.29 is 9.47 Å². The highest BCUT2D eigenvalue weighted by Crippen LogP contribution is 2.28. The van der Waals surface area contributed by atoms with Crippen molar-refractivity contribution in [3.05, 3.63) is 84.1 Å². The highest BCUT2D eigenvalue weighted by molar-refractivity contribution is 5.82. The lowest BCUT2D eigenvalue weighted by Gasteiger charge is -2.11. The summed E-state index contributed by atoms with van der Waals surface area (Å²) in [4.78, 5) is 9.66. The molecule has 0 aliphatic carbocycles. The summed E-state index contributed by atoms with van der Waals surface area (Å²) in [6, 6.07) is 24.3. The third-order valence-corrected chi connectivity index (χ3v) is 4.81. The number of benzene rings is 3. The van der Waals surface area contributed by atoms with Crippen LogP contribution in [-0.2, 0) is 12.8 Å². The second-order valence-electron chi connectivity index (χ2n) is 6.57. The van der Waals surface area contributed by atoms with Crippen molar-refractivity contribution in [2.45, 2.75) is 12.8 Å². The van der Waals surface area contributed by atoms with Crippen LogP contribution in [0.4, 0.5) is 0 Å². The molecule has 0 radical (unpaired) electrons. The van der Waals surface area contributed by atoms with Crippen molar-refractivity contribution in [2.75, 3.05) is 14.2 Å². The summed E-state index contributed by atoms with van der Waals surface area (Å²) in [5, 5.41) is 1.10.